The molecule has 1 aliphatic rings. The van der Waals surface area contributed by atoms with Gasteiger partial charge in [0.25, 0.3) is 0 Å². The summed E-state index contributed by atoms with van der Waals surface area (Å²) in [6.07, 6.45) is 0. The van der Waals surface area contributed by atoms with E-state index in [1.807, 2.05) is 47.4 Å². The highest BCUT2D eigenvalue weighted by atomic mass is 16.2. The molecule has 0 unspecified atom stereocenters. The lowest BCUT2D eigenvalue weighted by atomic mass is 9.96. The number of rotatable bonds is 5. The number of amides is 2. The Bertz CT molecular complexity index is 1150. The van der Waals surface area contributed by atoms with E-state index in [4.69, 9.17) is 0 Å². The summed E-state index contributed by atoms with van der Waals surface area (Å²) in [5.41, 5.74) is 5.69. The van der Waals surface area contributed by atoms with Crippen LogP contribution in [0.5, 0.6) is 0 Å². The molecule has 1 saturated heterocycles. The zero-order chi connectivity index (χ0) is 23.2. The number of hydrogen-bond acceptors (Lipinski definition) is 2. The molecule has 4 heteroatoms. The number of anilines is 1. The zero-order valence-electron chi connectivity index (χ0n) is 19.2. The smallest absolute Gasteiger partial charge is 0.321 e. The average Bonchev–Trinajstić information content (AvgIpc) is 2.91. The van der Waals surface area contributed by atoms with E-state index in [0.29, 0.717) is 13.1 Å². The van der Waals surface area contributed by atoms with E-state index in [0.717, 1.165) is 24.3 Å². The van der Waals surface area contributed by atoms with E-state index >= 15 is 0 Å². The third-order valence-corrected chi connectivity index (χ3v) is 6.44. The van der Waals surface area contributed by atoms with Gasteiger partial charge in [-0.1, -0.05) is 103 Å². The molecule has 34 heavy (non-hydrogen) atoms. The van der Waals surface area contributed by atoms with Gasteiger partial charge in [-0.15, -0.1) is 0 Å². The predicted octanol–water partition coefficient (Wildman–Crippen LogP) is 6.29. The Morgan fingerprint density at radius 3 is 1.59 bits per heavy atom. The number of carbonyl (C=O) groups excluding carboxylic acids is 1. The summed E-state index contributed by atoms with van der Waals surface area (Å²) in [5, 5.41) is 3.07. The van der Waals surface area contributed by atoms with Crippen molar-refractivity contribution < 1.29 is 4.79 Å². The summed E-state index contributed by atoms with van der Waals surface area (Å²) >= 11 is 0. The van der Waals surface area contributed by atoms with Gasteiger partial charge < -0.3 is 10.2 Å². The minimum Gasteiger partial charge on any atom is -0.322 e. The van der Waals surface area contributed by atoms with Crippen LogP contribution in [0, 0.1) is 0 Å². The number of nitrogens with one attached hydrogen (secondary N) is 1. The number of urea groups is 1. The molecule has 170 valence electrons. The lowest BCUT2D eigenvalue weighted by molar-refractivity contribution is 0.126. The van der Waals surface area contributed by atoms with Gasteiger partial charge in [0.05, 0.1) is 6.04 Å². The van der Waals surface area contributed by atoms with Gasteiger partial charge in [0.15, 0.2) is 0 Å². The van der Waals surface area contributed by atoms with Crippen molar-refractivity contribution in [1.29, 1.82) is 0 Å². The lowest BCUT2D eigenvalue weighted by Gasteiger charge is -2.39. The summed E-state index contributed by atoms with van der Waals surface area (Å²) in [6, 6.07) is 39.7. The van der Waals surface area contributed by atoms with Gasteiger partial charge in [0, 0.05) is 31.9 Å². The molecule has 5 rings (SSSR count). The van der Waals surface area contributed by atoms with Gasteiger partial charge in [-0.25, -0.2) is 4.79 Å². The van der Waals surface area contributed by atoms with Crippen LogP contribution in [0.4, 0.5) is 10.5 Å². The Labute approximate surface area is 201 Å². The second-order valence-corrected chi connectivity index (χ2v) is 8.62. The van der Waals surface area contributed by atoms with Gasteiger partial charge in [-0.05, 0) is 34.4 Å². The molecule has 1 N–H and O–H groups in total. The SMILES string of the molecule is O=C(Nc1ccc(-c2ccccc2)cc1)N1CCN(C(c2ccccc2)c2ccccc2)CC1. The fraction of sp³-hybridized carbons (Fsp3) is 0.167. The van der Waals surface area contributed by atoms with Crippen molar-refractivity contribution in [3.63, 3.8) is 0 Å². The monoisotopic (exact) mass is 447 g/mol. The van der Waals surface area contributed by atoms with Crippen molar-refractivity contribution in [1.82, 2.24) is 9.80 Å². The Morgan fingerprint density at radius 1 is 0.588 bits per heavy atom. The molecule has 0 aromatic heterocycles. The van der Waals surface area contributed by atoms with Crippen LogP contribution in [0.25, 0.3) is 11.1 Å². The van der Waals surface area contributed by atoms with E-state index in [9.17, 15) is 4.79 Å². The summed E-state index contributed by atoms with van der Waals surface area (Å²) in [5.74, 6) is 0. The molecule has 1 fully saturated rings. The van der Waals surface area contributed by atoms with Crippen LogP contribution < -0.4 is 5.32 Å². The van der Waals surface area contributed by atoms with E-state index in [1.165, 1.54) is 16.7 Å². The van der Waals surface area contributed by atoms with Gasteiger partial charge in [-0.2, -0.15) is 0 Å². The molecule has 1 heterocycles. The molecule has 0 radical (unpaired) electrons. The highest BCUT2D eigenvalue weighted by molar-refractivity contribution is 5.89. The maximum absolute atomic E-state index is 12.9. The minimum absolute atomic E-state index is 0.0388. The molecule has 0 bridgehead atoms. The molecule has 0 spiro atoms. The summed E-state index contributed by atoms with van der Waals surface area (Å²) in [6.45, 7) is 3.05. The van der Waals surface area contributed by atoms with Gasteiger partial charge in [0.2, 0.25) is 0 Å². The van der Waals surface area contributed by atoms with E-state index in [-0.39, 0.29) is 12.1 Å². The molecule has 0 aliphatic carbocycles. The molecule has 1 aliphatic heterocycles. The largest absolute Gasteiger partial charge is 0.322 e. The highest BCUT2D eigenvalue weighted by Gasteiger charge is 2.28. The van der Waals surface area contributed by atoms with Crippen LogP contribution in [-0.2, 0) is 0 Å². The van der Waals surface area contributed by atoms with Crippen LogP contribution in [0.1, 0.15) is 17.2 Å². The third kappa shape index (κ3) is 5.03. The van der Waals surface area contributed by atoms with Crippen LogP contribution in [0.2, 0.25) is 0 Å². The molecule has 4 aromatic carbocycles. The lowest BCUT2D eigenvalue weighted by Crippen LogP contribution is -2.51. The fourth-order valence-corrected chi connectivity index (χ4v) is 4.65. The zero-order valence-corrected chi connectivity index (χ0v) is 19.2. The molecule has 4 aromatic rings. The summed E-state index contributed by atoms with van der Waals surface area (Å²) < 4.78 is 0. The van der Waals surface area contributed by atoms with Crippen molar-refractivity contribution in [2.24, 2.45) is 0 Å². The number of benzene rings is 4. The topological polar surface area (TPSA) is 35.6 Å². The van der Waals surface area contributed by atoms with E-state index in [1.54, 1.807) is 0 Å². The van der Waals surface area contributed by atoms with Gasteiger partial charge in [-0.3, -0.25) is 4.90 Å². The van der Waals surface area contributed by atoms with Crippen molar-refractivity contribution >= 4 is 11.7 Å². The first-order valence-electron chi connectivity index (χ1n) is 11.8. The average molecular weight is 448 g/mol. The maximum atomic E-state index is 12.9. The Balaban J connectivity index is 1.22. The molecular weight excluding hydrogens is 418 g/mol. The Morgan fingerprint density at radius 2 is 1.06 bits per heavy atom. The van der Waals surface area contributed by atoms with Crippen LogP contribution in [0.15, 0.2) is 115 Å². The first-order chi connectivity index (χ1) is 16.8. The number of nitrogens with zero attached hydrogens (tertiary/aromatic N) is 2. The third-order valence-electron chi connectivity index (χ3n) is 6.44. The van der Waals surface area contributed by atoms with Crippen molar-refractivity contribution in [2.45, 2.75) is 6.04 Å². The second kappa shape index (κ2) is 10.4. The molecular formula is C30H29N3O. The number of hydrogen-bond donors (Lipinski definition) is 1. The number of piperazine rings is 1. The van der Waals surface area contributed by atoms with E-state index in [2.05, 4.69) is 83.0 Å². The first kappa shape index (κ1) is 21.9. The Hall–Kier alpha value is -3.89. The van der Waals surface area contributed by atoms with Crippen LogP contribution in [-0.4, -0.2) is 42.0 Å². The predicted molar refractivity (Wildman–Crippen MR) is 139 cm³/mol. The normalized spacial score (nSPS) is 14.2. The van der Waals surface area contributed by atoms with E-state index < -0.39 is 0 Å². The van der Waals surface area contributed by atoms with Crippen LogP contribution >= 0.6 is 0 Å². The Kier molecular flexibility index (Phi) is 6.68. The van der Waals surface area contributed by atoms with Crippen molar-refractivity contribution in [3.05, 3.63) is 126 Å². The minimum atomic E-state index is -0.0388. The highest BCUT2D eigenvalue weighted by Crippen LogP contribution is 2.29. The fourth-order valence-electron chi connectivity index (χ4n) is 4.65. The molecule has 4 nitrogen and oxygen atoms in total. The summed E-state index contributed by atoms with van der Waals surface area (Å²) in [7, 11) is 0. The first-order valence-corrected chi connectivity index (χ1v) is 11.8. The quantitative estimate of drug-likeness (QED) is 0.390. The summed E-state index contributed by atoms with van der Waals surface area (Å²) in [4.78, 5) is 17.3. The standard InChI is InChI=1S/C30H29N3O/c34-30(31-28-18-16-25(17-19-28)24-10-4-1-5-11-24)33-22-20-32(21-23-33)29(26-12-6-2-7-13-26)27-14-8-3-9-15-27/h1-19,29H,20-23H2,(H,31,34). The van der Waals surface area contributed by atoms with Crippen molar-refractivity contribution in [3.8, 4) is 11.1 Å². The maximum Gasteiger partial charge on any atom is 0.321 e. The molecule has 2 amide bonds. The second-order valence-electron chi connectivity index (χ2n) is 8.62. The molecule has 0 saturated carbocycles. The van der Waals surface area contributed by atoms with Crippen molar-refractivity contribution in [2.75, 3.05) is 31.5 Å². The van der Waals surface area contributed by atoms with Gasteiger partial charge >= 0.3 is 6.03 Å². The molecule has 0 atom stereocenters. The number of carbonyl (C=O) groups is 1. The van der Waals surface area contributed by atoms with Gasteiger partial charge in [0.1, 0.15) is 0 Å². The van der Waals surface area contributed by atoms with Crippen LogP contribution in [0.3, 0.4) is 0 Å².